The van der Waals surface area contributed by atoms with E-state index in [9.17, 15) is 31.5 Å². The molecule has 0 radical (unpaired) electrons. The number of hydrogen-bond donors (Lipinski definition) is 2. The van der Waals surface area contributed by atoms with Gasteiger partial charge in [-0.15, -0.1) is 0 Å². The fourth-order valence-electron chi connectivity index (χ4n) is 4.51. The Labute approximate surface area is 226 Å². The summed E-state index contributed by atoms with van der Waals surface area (Å²) in [6, 6.07) is 4.02. The lowest BCUT2D eigenvalue weighted by atomic mass is 9.87. The third-order valence-electron chi connectivity index (χ3n) is 6.65. The number of carbonyl (C=O) groups is 1. The topological polar surface area (TPSA) is 66.4 Å². The lowest BCUT2D eigenvalue weighted by molar-refractivity contribution is -0.104. The molecule has 4 rings (SSSR count). The fourth-order valence-corrected chi connectivity index (χ4v) is 4.51. The molecule has 1 aromatic heterocycles. The van der Waals surface area contributed by atoms with Gasteiger partial charge >= 0.3 is 0 Å². The maximum atomic E-state index is 14.4. The standard InChI is InChI=1S/C24H27F5N4O2.2C2H6/c1-32-7-5-15(6-8-32)31-19-9-20(34)33(16-10-24(28,29)11-16)13-18(19)23(35)30-12-14-3-2-4-17(21(14)25)22(26)27;2*1-2/h2-4,9,13,15-16,22,31H,5-8,10-12H2,1H3,(H,30,35);2*1-2H3. The van der Waals surface area contributed by atoms with Crippen LogP contribution in [0.2, 0.25) is 0 Å². The number of likely N-dealkylation sites (tertiary alicyclic amines) is 1. The third-order valence-corrected chi connectivity index (χ3v) is 6.65. The van der Waals surface area contributed by atoms with E-state index in [2.05, 4.69) is 15.5 Å². The molecule has 2 aromatic rings. The molecule has 2 N–H and O–H groups in total. The van der Waals surface area contributed by atoms with Crippen LogP contribution in [0.25, 0.3) is 0 Å². The second-order valence-electron chi connectivity index (χ2n) is 9.29. The summed E-state index contributed by atoms with van der Waals surface area (Å²) in [6.07, 6.45) is -1.19. The molecule has 2 fully saturated rings. The smallest absolute Gasteiger partial charge is 0.266 e. The predicted octanol–water partition coefficient (Wildman–Crippen LogP) is 6.38. The quantitative estimate of drug-likeness (QED) is 0.387. The Balaban J connectivity index is 0.00000127. The van der Waals surface area contributed by atoms with Crippen molar-refractivity contribution in [2.75, 3.05) is 25.5 Å². The van der Waals surface area contributed by atoms with E-state index < -0.39 is 54.1 Å². The van der Waals surface area contributed by atoms with Gasteiger partial charge in [0.1, 0.15) is 5.82 Å². The van der Waals surface area contributed by atoms with E-state index in [1.807, 2.05) is 34.7 Å². The summed E-state index contributed by atoms with van der Waals surface area (Å²) in [5.41, 5.74) is -1.09. The number of carbonyl (C=O) groups excluding carboxylic acids is 1. The zero-order valence-electron chi connectivity index (χ0n) is 23.2. The molecule has 0 unspecified atom stereocenters. The van der Waals surface area contributed by atoms with Crippen LogP contribution in [0.15, 0.2) is 35.3 Å². The molecule has 2 aliphatic rings. The first-order chi connectivity index (χ1) is 18.5. The molecule has 11 heteroatoms. The first-order valence-electron chi connectivity index (χ1n) is 13.5. The van der Waals surface area contributed by atoms with Crippen molar-refractivity contribution in [1.82, 2.24) is 14.8 Å². The van der Waals surface area contributed by atoms with Crippen molar-refractivity contribution in [3.8, 4) is 0 Å². The molecule has 1 aliphatic heterocycles. The number of rotatable bonds is 7. The molecule has 2 heterocycles. The molecule has 0 spiro atoms. The third kappa shape index (κ3) is 8.27. The van der Waals surface area contributed by atoms with Gasteiger partial charge < -0.3 is 20.1 Å². The highest BCUT2D eigenvalue weighted by atomic mass is 19.3. The second-order valence-corrected chi connectivity index (χ2v) is 9.29. The summed E-state index contributed by atoms with van der Waals surface area (Å²) in [5.74, 6) is -4.64. The van der Waals surface area contributed by atoms with Gasteiger partial charge in [-0.3, -0.25) is 9.59 Å². The maximum absolute atomic E-state index is 14.4. The summed E-state index contributed by atoms with van der Waals surface area (Å²) in [7, 11) is 1.99. The number of aromatic nitrogens is 1. The van der Waals surface area contributed by atoms with Gasteiger partial charge in [-0.25, -0.2) is 22.0 Å². The molecule has 1 aliphatic carbocycles. The normalized spacial score (nSPS) is 17.3. The first kappa shape index (κ1) is 32.3. The number of anilines is 1. The molecule has 1 aromatic carbocycles. The van der Waals surface area contributed by atoms with Crippen LogP contribution in [0, 0.1) is 5.82 Å². The summed E-state index contributed by atoms with van der Waals surface area (Å²) in [5, 5.41) is 5.73. The molecule has 1 saturated carbocycles. The number of benzene rings is 1. The Bertz CT molecular complexity index is 1140. The van der Waals surface area contributed by atoms with E-state index in [4.69, 9.17) is 0 Å². The van der Waals surface area contributed by atoms with E-state index in [1.165, 1.54) is 24.4 Å². The van der Waals surface area contributed by atoms with E-state index in [0.29, 0.717) is 0 Å². The molecular formula is C28H39F5N4O2. The van der Waals surface area contributed by atoms with Gasteiger partial charge in [-0.2, -0.15) is 0 Å². The zero-order valence-corrected chi connectivity index (χ0v) is 23.2. The molecule has 0 atom stereocenters. The summed E-state index contributed by atoms with van der Waals surface area (Å²) < 4.78 is 68.3. The number of piperidine rings is 1. The molecule has 218 valence electrons. The Morgan fingerprint density at radius 1 is 1.10 bits per heavy atom. The van der Waals surface area contributed by atoms with Crippen molar-refractivity contribution in [3.63, 3.8) is 0 Å². The number of halogens is 5. The highest BCUT2D eigenvalue weighted by molar-refractivity contribution is 5.99. The fraction of sp³-hybridized carbons (Fsp3) is 0.571. The predicted molar refractivity (Wildman–Crippen MR) is 143 cm³/mol. The van der Waals surface area contributed by atoms with Gasteiger partial charge in [0.05, 0.1) is 16.8 Å². The van der Waals surface area contributed by atoms with Crippen LogP contribution in [0.3, 0.4) is 0 Å². The number of hydrogen-bond acceptors (Lipinski definition) is 4. The van der Waals surface area contributed by atoms with Crippen molar-refractivity contribution < 1.29 is 26.7 Å². The monoisotopic (exact) mass is 558 g/mol. The van der Waals surface area contributed by atoms with Gasteiger partial charge in [0, 0.05) is 49.3 Å². The van der Waals surface area contributed by atoms with Crippen LogP contribution in [0.5, 0.6) is 0 Å². The van der Waals surface area contributed by atoms with E-state index in [1.54, 1.807) is 0 Å². The van der Waals surface area contributed by atoms with Crippen LogP contribution in [-0.4, -0.2) is 47.5 Å². The highest BCUT2D eigenvalue weighted by Gasteiger charge is 2.46. The Hall–Kier alpha value is -2.95. The second kappa shape index (κ2) is 14.4. The minimum absolute atomic E-state index is 0.00111. The van der Waals surface area contributed by atoms with Crippen LogP contribution in [-0.2, 0) is 6.54 Å². The lowest BCUT2D eigenvalue weighted by Gasteiger charge is -2.36. The Morgan fingerprint density at radius 2 is 1.72 bits per heavy atom. The summed E-state index contributed by atoms with van der Waals surface area (Å²) in [4.78, 5) is 27.9. The summed E-state index contributed by atoms with van der Waals surface area (Å²) >= 11 is 0. The molecule has 0 bridgehead atoms. The van der Waals surface area contributed by atoms with Crippen molar-refractivity contribution in [2.24, 2.45) is 0 Å². The molecule has 6 nitrogen and oxygen atoms in total. The molecule has 39 heavy (non-hydrogen) atoms. The maximum Gasteiger partial charge on any atom is 0.266 e. The van der Waals surface area contributed by atoms with E-state index in [-0.39, 0.29) is 29.4 Å². The molecule has 1 amide bonds. The van der Waals surface area contributed by atoms with Gasteiger partial charge in [0.2, 0.25) is 0 Å². The zero-order chi connectivity index (χ0) is 29.3. The van der Waals surface area contributed by atoms with Crippen LogP contribution < -0.4 is 16.2 Å². The number of nitrogens with one attached hydrogen (secondary N) is 2. The van der Waals surface area contributed by atoms with Gasteiger partial charge in [-0.1, -0.05) is 45.9 Å². The first-order valence-corrected chi connectivity index (χ1v) is 13.5. The number of amides is 1. The van der Waals surface area contributed by atoms with Crippen LogP contribution in [0.1, 0.15) is 87.3 Å². The van der Waals surface area contributed by atoms with Crippen molar-refractivity contribution in [3.05, 3.63) is 63.3 Å². The van der Waals surface area contributed by atoms with Crippen LogP contribution >= 0.6 is 0 Å². The average Bonchev–Trinajstić information content (AvgIpc) is 2.90. The van der Waals surface area contributed by atoms with Crippen LogP contribution in [0.4, 0.5) is 27.6 Å². The van der Waals surface area contributed by atoms with Crippen molar-refractivity contribution in [1.29, 1.82) is 0 Å². The molecular weight excluding hydrogens is 519 g/mol. The minimum atomic E-state index is -3.00. The average molecular weight is 559 g/mol. The summed E-state index contributed by atoms with van der Waals surface area (Å²) in [6.45, 7) is 9.29. The highest BCUT2D eigenvalue weighted by Crippen LogP contribution is 2.45. The van der Waals surface area contributed by atoms with Gasteiger partial charge in [-0.05, 0) is 33.0 Å². The van der Waals surface area contributed by atoms with E-state index >= 15 is 0 Å². The minimum Gasteiger partial charge on any atom is -0.381 e. The van der Waals surface area contributed by atoms with Crippen molar-refractivity contribution >= 4 is 11.6 Å². The number of nitrogens with zero attached hydrogens (tertiary/aromatic N) is 2. The Kier molecular flexibility index (Phi) is 11.9. The van der Waals surface area contributed by atoms with Gasteiger partial charge in [0.15, 0.2) is 0 Å². The lowest BCUT2D eigenvalue weighted by Crippen LogP contribution is -2.42. The Morgan fingerprint density at radius 3 is 2.28 bits per heavy atom. The molecule has 1 saturated heterocycles. The van der Waals surface area contributed by atoms with E-state index in [0.717, 1.165) is 36.6 Å². The van der Waals surface area contributed by atoms with Gasteiger partial charge in [0.25, 0.3) is 23.8 Å². The largest absolute Gasteiger partial charge is 0.381 e. The SMILES string of the molecule is CC.CC.CN1CCC(Nc2cc(=O)n(C3CC(F)(F)C3)cc2C(=O)NCc2cccc(C(F)F)c2F)CC1. The number of pyridine rings is 1. The number of alkyl halides is 4. The van der Waals surface area contributed by atoms with Crippen molar-refractivity contribution in [2.45, 2.75) is 84.4 Å².